The first-order valence-electron chi connectivity index (χ1n) is 6.64. The third-order valence-corrected chi connectivity index (χ3v) is 4.23. The standard InChI is InChI=1S/C15H13F2NO3/c16-9-3-4-10(17)11(6-9)18-14(19)12-7-1-2-8(5-7)13(12)15(20)21/h1-4,6-8,12-13H,5H2,(H,18,19)(H,20,21)/t7-,8+,12+,13+/m0/s1. The second-order valence-electron chi connectivity index (χ2n) is 5.45. The SMILES string of the molecule is O=C(O)[C@H]1[C@H](C(=O)Nc2cc(F)ccc2F)[C@H]2C=C[C@@H]1C2. The van der Waals surface area contributed by atoms with Crippen molar-refractivity contribution in [2.75, 3.05) is 5.32 Å². The van der Waals surface area contributed by atoms with E-state index in [0.29, 0.717) is 6.42 Å². The van der Waals surface area contributed by atoms with Crippen LogP contribution < -0.4 is 5.32 Å². The lowest BCUT2D eigenvalue weighted by Crippen LogP contribution is -2.36. The Bertz CT molecular complexity index is 644. The summed E-state index contributed by atoms with van der Waals surface area (Å²) in [4.78, 5) is 23.6. The topological polar surface area (TPSA) is 66.4 Å². The van der Waals surface area contributed by atoms with Crippen LogP contribution in [0.2, 0.25) is 0 Å². The molecule has 110 valence electrons. The number of hydrogen-bond donors (Lipinski definition) is 2. The fourth-order valence-corrected chi connectivity index (χ4v) is 3.33. The Balaban J connectivity index is 1.83. The third-order valence-electron chi connectivity index (χ3n) is 4.23. The highest BCUT2D eigenvalue weighted by Gasteiger charge is 2.51. The number of fused-ring (bicyclic) bond motifs is 2. The van der Waals surface area contributed by atoms with Gasteiger partial charge in [0.25, 0.3) is 0 Å². The van der Waals surface area contributed by atoms with Gasteiger partial charge in [-0.3, -0.25) is 9.59 Å². The van der Waals surface area contributed by atoms with Crippen molar-refractivity contribution < 1.29 is 23.5 Å². The molecule has 1 saturated carbocycles. The fraction of sp³-hybridized carbons (Fsp3) is 0.333. The van der Waals surface area contributed by atoms with Crippen molar-refractivity contribution in [3.63, 3.8) is 0 Å². The number of hydrogen-bond acceptors (Lipinski definition) is 2. The van der Waals surface area contributed by atoms with E-state index in [-0.39, 0.29) is 17.5 Å². The quantitative estimate of drug-likeness (QED) is 0.841. The number of carboxylic acid groups (broad SMARTS) is 1. The third kappa shape index (κ3) is 2.30. The van der Waals surface area contributed by atoms with Crippen molar-refractivity contribution in [1.82, 2.24) is 0 Å². The second kappa shape index (κ2) is 4.95. The van der Waals surface area contributed by atoms with E-state index in [1.54, 1.807) is 0 Å². The lowest BCUT2D eigenvalue weighted by Gasteiger charge is -2.23. The molecule has 2 aliphatic carbocycles. The Labute approximate surface area is 119 Å². The van der Waals surface area contributed by atoms with Crippen molar-refractivity contribution in [1.29, 1.82) is 0 Å². The van der Waals surface area contributed by atoms with Crippen LogP contribution in [0.3, 0.4) is 0 Å². The highest BCUT2D eigenvalue weighted by atomic mass is 19.1. The summed E-state index contributed by atoms with van der Waals surface area (Å²) in [6.45, 7) is 0. The summed E-state index contributed by atoms with van der Waals surface area (Å²) in [6.07, 6.45) is 4.26. The monoisotopic (exact) mass is 293 g/mol. The Hall–Kier alpha value is -2.24. The highest BCUT2D eigenvalue weighted by Crippen LogP contribution is 2.48. The van der Waals surface area contributed by atoms with E-state index in [2.05, 4.69) is 5.32 Å². The molecule has 0 aromatic heterocycles. The largest absolute Gasteiger partial charge is 0.481 e. The molecule has 1 aromatic carbocycles. The molecule has 4 nitrogen and oxygen atoms in total. The molecule has 0 heterocycles. The molecule has 0 aliphatic heterocycles. The van der Waals surface area contributed by atoms with E-state index in [1.807, 2.05) is 12.2 Å². The molecule has 3 rings (SSSR count). The fourth-order valence-electron chi connectivity index (χ4n) is 3.33. The van der Waals surface area contributed by atoms with Gasteiger partial charge in [0.2, 0.25) is 5.91 Å². The van der Waals surface area contributed by atoms with E-state index >= 15 is 0 Å². The Kier molecular flexibility index (Phi) is 3.23. The molecule has 1 aromatic rings. The molecule has 2 bridgehead atoms. The Morgan fingerprint density at radius 3 is 2.48 bits per heavy atom. The van der Waals surface area contributed by atoms with E-state index in [0.717, 1.165) is 18.2 Å². The summed E-state index contributed by atoms with van der Waals surface area (Å²) in [7, 11) is 0. The number of carbonyl (C=O) groups excluding carboxylic acids is 1. The van der Waals surface area contributed by atoms with Crippen LogP contribution in [-0.4, -0.2) is 17.0 Å². The van der Waals surface area contributed by atoms with Gasteiger partial charge < -0.3 is 10.4 Å². The number of anilines is 1. The van der Waals surface area contributed by atoms with Gasteiger partial charge in [0.15, 0.2) is 0 Å². The number of allylic oxidation sites excluding steroid dienone is 2. The zero-order chi connectivity index (χ0) is 15.1. The average molecular weight is 293 g/mol. The van der Waals surface area contributed by atoms with Crippen LogP contribution in [-0.2, 0) is 9.59 Å². The molecule has 1 fully saturated rings. The molecule has 21 heavy (non-hydrogen) atoms. The molecule has 1 amide bonds. The van der Waals surface area contributed by atoms with E-state index in [9.17, 15) is 23.5 Å². The zero-order valence-corrected chi connectivity index (χ0v) is 10.9. The van der Waals surface area contributed by atoms with E-state index in [1.165, 1.54) is 0 Å². The number of carboxylic acids is 1. The zero-order valence-electron chi connectivity index (χ0n) is 10.9. The summed E-state index contributed by atoms with van der Waals surface area (Å²) < 4.78 is 26.7. The van der Waals surface area contributed by atoms with Crippen LogP contribution in [0.4, 0.5) is 14.5 Å². The Morgan fingerprint density at radius 2 is 1.81 bits per heavy atom. The number of nitrogens with one attached hydrogen (secondary N) is 1. The van der Waals surface area contributed by atoms with Crippen molar-refractivity contribution in [2.24, 2.45) is 23.7 Å². The first kappa shape index (κ1) is 13.7. The van der Waals surface area contributed by atoms with Crippen molar-refractivity contribution in [3.8, 4) is 0 Å². The predicted molar refractivity (Wildman–Crippen MR) is 70.3 cm³/mol. The summed E-state index contributed by atoms with van der Waals surface area (Å²) in [5.41, 5.74) is -0.268. The van der Waals surface area contributed by atoms with Gasteiger partial charge in [0, 0.05) is 6.07 Å². The van der Waals surface area contributed by atoms with Crippen molar-refractivity contribution in [2.45, 2.75) is 6.42 Å². The van der Waals surface area contributed by atoms with Crippen LogP contribution in [0.25, 0.3) is 0 Å². The van der Waals surface area contributed by atoms with Crippen LogP contribution in [0, 0.1) is 35.3 Å². The Morgan fingerprint density at radius 1 is 1.14 bits per heavy atom. The summed E-state index contributed by atoms with van der Waals surface area (Å²) in [5, 5.41) is 11.6. The van der Waals surface area contributed by atoms with Crippen LogP contribution in [0.15, 0.2) is 30.4 Å². The second-order valence-corrected chi connectivity index (χ2v) is 5.45. The van der Waals surface area contributed by atoms with Gasteiger partial charge in [0.1, 0.15) is 11.6 Å². The maximum atomic E-state index is 13.5. The van der Waals surface area contributed by atoms with Gasteiger partial charge in [-0.2, -0.15) is 0 Å². The minimum atomic E-state index is -1.04. The van der Waals surface area contributed by atoms with Crippen LogP contribution >= 0.6 is 0 Å². The molecule has 2 aliphatic rings. The van der Waals surface area contributed by atoms with E-state index < -0.39 is 35.3 Å². The van der Waals surface area contributed by atoms with Gasteiger partial charge in [0.05, 0.1) is 17.5 Å². The van der Waals surface area contributed by atoms with Crippen molar-refractivity contribution >= 4 is 17.6 Å². The molecule has 0 spiro atoms. The number of amides is 1. The molecule has 0 radical (unpaired) electrons. The molecular formula is C15H13F2NO3. The number of carbonyl (C=O) groups is 2. The molecule has 4 atom stereocenters. The molecule has 6 heteroatoms. The van der Waals surface area contributed by atoms with Crippen LogP contribution in [0.5, 0.6) is 0 Å². The molecule has 2 N–H and O–H groups in total. The minimum Gasteiger partial charge on any atom is -0.481 e. The smallest absolute Gasteiger partial charge is 0.307 e. The number of halogens is 2. The van der Waals surface area contributed by atoms with E-state index in [4.69, 9.17) is 0 Å². The summed E-state index contributed by atoms with van der Waals surface area (Å²) >= 11 is 0. The molecule has 0 saturated heterocycles. The minimum absolute atomic E-state index is 0.160. The molecule has 0 unspecified atom stereocenters. The summed E-state index contributed by atoms with van der Waals surface area (Å²) in [5.74, 6) is -4.93. The maximum absolute atomic E-state index is 13.5. The van der Waals surface area contributed by atoms with Crippen LogP contribution in [0.1, 0.15) is 6.42 Å². The first-order valence-corrected chi connectivity index (χ1v) is 6.64. The number of benzene rings is 1. The number of rotatable bonds is 3. The lowest BCUT2D eigenvalue weighted by molar-refractivity contribution is -0.146. The molecular weight excluding hydrogens is 280 g/mol. The first-order chi connectivity index (χ1) is 9.97. The number of aliphatic carboxylic acids is 1. The highest BCUT2D eigenvalue weighted by molar-refractivity contribution is 5.96. The summed E-state index contributed by atoms with van der Waals surface area (Å²) in [6, 6.07) is 2.75. The lowest BCUT2D eigenvalue weighted by atomic mass is 9.82. The normalized spacial score (nSPS) is 29.6. The average Bonchev–Trinajstić information content (AvgIpc) is 3.03. The van der Waals surface area contributed by atoms with Crippen molar-refractivity contribution in [3.05, 3.63) is 42.0 Å². The van der Waals surface area contributed by atoms with Gasteiger partial charge in [-0.05, 0) is 30.4 Å². The predicted octanol–water partition coefficient (Wildman–Crippen LogP) is 2.43. The van der Waals surface area contributed by atoms with Gasteiger partial charge in [-0.15, -0.1) is 0 Å². The van der Waals surface area contributed by atoms with Gasteiger partial charge in [-0.1, -0.05) is 12.2 Å². The maximum Gasteiger partial charge on any atom is 0.307 e. The van der Waals surface area contributed by atoms with Gasteiger partial charge >= 0.3 is 5.97 Å². The van der Waals surface area contributed by atoms with Gasteiger partial charge in [-0.25, -0.2) is 8.78 Å².